The summed E-state index contributed by atoms with van der Waals surface area (Å²) in [5, 5.41) is 54.5. The average molecular weight is 1620 g/mol. The number of carboxylic acids is 3. The monoisotopic (exact) mass is 1620 g/mol. The van der Waals surface area contributed by atoms with Crippen LogP contribution in [0.3, 0.4) is 0 Å². The molecule has 1 aliphatic rings. The van der Waals surface area contributed by atoms with Crippen LogP contribution in [0.1, 0.15) is 173 Å². The Bertz CT molecular complexity index is 2510. The van der Waals surface area contributed by atoms with Crippen molar-refractivity contribution < 1.29 is 130 Å². The molecule has 0 heterocycles. The summed E-state index contributed by atoms with van der Waals surface area (Å²) in [6, 6.07) is -1.82. The quantitative estimate of drug-likeness (QED) is 0.0381. The first kappa shape index (κ1) is 104. The molecule has 0 aromatic rings. The molecule has 1 aliphatic carbocycles. The van der Waals surface area contributed by atoms with Crippen molar-refractivity contribution in [3.8, 4) is 0 Å². The van der Waals surface area contributed by atoms with Crippen molar-refractivity contribution >= 4 is 71.1 Å². The van der Waals surface area contributed by atoms with Crippen LogP contribution in [0.15, 0.2) is 0 Å². The number of carbonyl (C=O) groups is 12. The zero-order chi connectivity index (χ0) is 82.5. The van der Waals surface area contributed by atoms with Gasteiger partial charge in [-0.2, -0.15) is 0 Å². The lowest BCUT2D eigenvalue weighted by molar-refractivity contribution is -0.143. The SMILES string of the molecule is CN[C@@H](CCCCNC(=O)COCCOCCNC(=O)COCCOCCNC(=O)COCCOCCNC(=O)COCCOCCNC(=O)COCCOCCNC(=O)COCCOCCNC(=O)CC[C@H](NC(=O)[C@H]1CC[C@H](CNC(=O)CCCCCCCCCCCCCCCCCCC(=O)O)CC1)C(=O)O)C(=O)O. The highest BCUT2D eigenvalue weighted by Crippen LogP contribution is 2.29. The van der Waals surface area contributed by atoms with E-state index in [0.29, 0.717) is 51.6 Å². The van der Waals surface area contributed by atoms with Crippen LogP contribution in [-0.2, 0) is 114 Å². The lowest BCUT2D eigenvalue weighted by Gasteiger charge is -2.28. The van der Waals surface area contributed by atoms with Gasteiger partial charge in [0.2, 0.25) is 53.2 Å². The van der Waals surface area contributed by atoms with Crippen LogP contribution in [-0.4, -0.2) is 316 Å². The number of ether oxygens (including phenoxy) is 12. The minimum Gasteiger partial charge on any atom is -0.481 e. The van der Waals surface area contributed by atoms with Crippen molar-refractivity contribution in [2.45, 2.75) is 185 Å². The Morgan fingerprint density at radius 2 is 0.566 bits per heavy atom. The van der Waals surface area contributed by atoms with E-state index in [9.17, 15) is 62.6 Å². The topological polar surface area (TPSA) is 497 Å². The number of hydrogen-bond acceptors (Lipinski definition) is 25. The maximum absolute atomic E-state index is 13.0. The number of amides is 9. The molecule has 0 aromatic carbocycles. The summed E-state index contributed by atoms with van der Waals surface area (Å²) in [7, 11) is 1.59. The van der Waals surface area contributed by atoms with E-state index in [0.717, 1.165) is 51.4 Å². The Morgan fingerprint density at radius 1 is 0.283 bits per heavy atom. The molecule has 0 bridgehead atoms. The van der Waals surface area contributed by atoms with E-state index in [4.69, 9.17) is 67.1 Å². The normalized spacial score (nSPS) is 13.8. The van der Waals surface area contributed by atoms with Gasteiger partial charge in [0, 0.05) is 77.5 Å². The molecule has 1 saturated carbocycles. The fourth-order valence-electron chi connectivity index (χ4n) is 11.2. The summed E-state index contributed by atoms with van der Waals surface area (Å²) < 4.78 is 64.2. The third kappa shape index (κ3) is 70.3. The Kier molecular flexibility index (Phi) is 70.4. The molecule has 13 N–H and O–H groups in total. The maximum atomic E-state index is 13.0. The Morgan fingerprint density at radius 3 is 0.876 bits per heavy atom. The number of likely N-dealkylation sites (N-methyl/N-ethyl adjacent to an activating group) is 1. The molecule has 0 unspecified atom stereocenters. The highest BCUT2D eigenvalue weighted by Gasteiger charge is 2.30. The zero-order valence-electron chi connectivity index (χ0n) is 67.2. The first-order valence-corrected chi connectivity index (χ1v) is 40.6. The molecule has 1 rings (SSSR count). The third-order valence-corrected chi connectivity index (χ3v) is 17.6. The molecule has 0 spiro atoms. The third-order valence-electron chi connectivity index (χ3n) is 17.6. The van der Waals surface area contributed by atoms with Gasteiger partial charge < -0.3 is 125 Å². The van der Waals surface area contributed by atoms with Crippen LogP contribution in [0.5, 0.6) is 0 Å². The molecule has 1 fully saturated rings. The van der Waals surface area contributed by atoms with Crippen molar-refractivity contribution in [2.24, 2.45) is 11.8 Å². The fraction of sp³-hybridized carbons (Fsp3) is 0.842. The van der Waals surface area contributed by atoms with Crippen LogP contribution < -0.4 is 53.2 Å². The van der Waals surface area contributed by atoms with E-state index in [1.807, 2.05) is 0 Å². The number of unbranched alkanes of at least 4 members (excludes halogenated alkanes) is 16. The van der Waals surface area contributed by atoms with Crippen molar-refractivity contribution in [1.29, 1.82) is 0 Å². The molecule has 37 nitrogen and oxygen atoms in total. The molecular weight excluding hydrogens is 1480 g/mol. The molecule has 0 aromatic heterocycles. The van der Waals surface area contributed by atoms with Crippen molar-refractivity contribution in [1.82, 2.24) is 53.2 Å². The largest absolute Gasteiger partial charge is 0.481 e. The first-order valence-electron chi connectivity index (χ1n) is 40.6. The molecule has 2 atom stereocenters. The van der Waals surface area contributed by atoms with Crippen molar-refractivity contribution in [3.05, 3.63) is 0 Å². The van der Waals surface area contributed by atoms with Crippen molar-refractivity contribution in [2.75, 3.05) is 218 Å². The van der Waals surface area contributed by atoms with Gasteiger partial charge in [-0.25, -0.2) is 4.79 Å². The van der Waals surface area contributed by atoms with Gasteiger partial charge in [-0.15, -0.1) is 0 Å². The van der Waals surface area contributed by atoms with Crippen LogP contribution in [0.4, 0.5) is 0 Å². The van der Waals surface area contributed by atoms with Gasteiger partial charge in [0.05, 0.1) is 119 Å². The molecule has 0 saturated heterocycles. The Hall–Kier alpha value is -6.88. The predicted molar refractivity (Wildman–Crippen MR) is 413 cm³/mol. The van der Waals surface area contributed by atoms with E-state index >= 15 is 0 Å². The lowest BCUT2D eigenvalue weighted by atomic mass is 9.81. The zero-order valence-corrected chi connectivity index (χ0v) is 67.2. The average Bonchev–Trinajstić information content (AvgIpc) is 0.870. The minimum absolute atomic E-state index is 0.0563. The maximum Gasteiger partial charge on any atom is 0.326 e. The standard InChI is InChI=1S/C76H138N10O27/c1-77-63(75(98)99)20-18-19-29-78-67(89)55-108-48-43-103-37-31-80-69(91)57-110-50-45-105-39-33-82-71(93)59-112-52-47-107-41-35-84-72(94)60-113-53-46-106-40-34-83-70(92)58-111-51-44-104-38-32-81-68(90)56-109-49-42-102-36-30-79-66(88)28-27-64(76(100)101)86-74(97)62-25-23-61(24-26-62)54-85-65(87)21-16-14-12-10-8-6-4-2-3-5-7-9-11-13-15-17-22-73(95)96/h61-64,77H,2-60H2,1H3,(H,78,89)(H,79,88)(H,80,91)(H,81,90)(H,82,93)(H,83,92)(H,84,94)(H,85,87)(H,86,97)(H,95,96)(H,98,99)(H,100,101)/t61-,62-,63-,64-/m0/s1. The number of carboxylic acid groups (broad SMARTS) is 3. The van der Waals surface area contributed by atoms with E-state index in [-0.39, 0.29) is 282 Å². The molecule has 9 amide bonds. The summed E-state index contributed by atoms with van der Waals surface area (Å²) in [6.07, 6.45) is 23.6. The predicted octanol–water partition coefficient (Wildman–Crippen LogP) is 1.22. The highest BCUT2D eigenvalue weighted by molar-refractivity contribution is 5.86. The summed E-state index contributed by atoms with van der Waals surface area (Å²) in [5.74, 6) is -5.56. The Labute approximate surface area is 666 Å². The fourth-order valence-corrected chi connectivity index (χ4v) is 11.2. The van der Waals surface area contributed by atoms with Gasteiger partial charge >= 0.3 is 17.9 Å². The number of carbonyl (C=O) groups excluding carboxylic acids is 9. The second-order valence-corrected chi connectivity index (χ2v) is 27.1. The minimum atomic E-state index is -1.22. The second kappa shape index (κ2) is 76.4. The van der Waals surface area contributed by atoms with Crippen LogP contribution in [0, 0.1) is 11.8 Å². The van der Waals surface area contributed by atoms with E-state index in [1.54, 1.807) is 7.05 Å². The molecule has 37 heteroatoms. The number of hydrogen-bond donors (Lipinski definition) is 13. The van der Waals surface area contributed by atoms with Gasteiger partial charge in [0.15, 0.2) is 0 Å². The molecule has 113 heavy (non-hydrogen) atoms. The second-order valence-electron chi connectivity index (χ2n) is 27.1. The van der Waals surface area contributed by atoms with Crippen LogP contribution >= 0.6 is 0 Å². The summed E-state index contributed by atoms with van der Waals surface area (Å²) in [6.45, 7) is 4.75. The van der Waals surface area contributed by atoms with Gasteiger partial charge in [-0.05, 0) is 77.2 Å². The van der Waals surface area contributed by atoms with Gasteiger partial charge in [0.25, 0.3) is 0 Å². The Balaban J connectivity index is 1.85. The van der Waals surface area contributed by atoms with Gasteiger partial charge in [0.1, 0.15) is 51.7 Å². The number of aliphatic carboxylic acids is 3. The number of nitrogens with one attached hydrogen (secondary N) is 10. The van der Waals surface area contributed by atoms with E-state index in [1.165, 1.54) is 64.2 Å². The lowest BCUT2D eigenvalue weighted by Crippen LogP contribution is -2.45. The summed E-state index contributed by atoms with van der Waals surface area (Å²) in [4.78, 5) is 143. The van der Waals surface area contributed by atoms with Crippen LogP contribution in [0.2, 0.25) is 0 Å². The molecule has 654 valence electrons. The molecule has 0 radical (unpaired) electrons. The van der Waals surface area contributed by atoms with E-state index in [2.05, 4.69) is 53.2 Å². The van der Waals surface area contributed by atoms with Crippen LogP contribution in [0.25, 0.3) is 0 Å². The number of rotatable bonds is 82. The van der Waals surface area contributed by atoms with Gasteiger partial charge in [-0.3, -0.25) is 52.7 Å². The summed E-state index contributed by atoms with van der Waals surface area (Å²) >= 11 is 0. The smallest absolute Gasteiger partial charge is 0.326 e. The molecular formula is C76H138N10O27. The van der Waals surface area contributed by atoms with E-state index < -0.39 is 30.0 Å². The highest BCUT2D eigenvalue weighted by atomic mass is 16.6. The summed E-state index contributed by atoms with van der Waals surface area (Å²) in [5.41, 5.74) is 0. The first-order chi connectivity index (χ1) is 54.9. The van der Waals surface area contributed by atoms with Gasteiger partial charge in [-0.1, -0.05) is 89.9 Å². The van der Waals surface area contributed by atoms with Crippen molar-refractivity contribution in [3.63, 3.8) is 0 Å². The molecule has 0 aliphatic heterocycles.